The summed E-state index contributed by atoms with van der Waals surface area (Å²) in [6, 6.07) is 8.40. The van der Waals surface area contributed by atoms with Crippen molar-refractivity contribution in [3.05, 3.63) is 58.1 Å². The van der Waals surface area contributed by atoms with Crippen LogP contribution in [0.15, 0.2) is 50.7 Å². The van der Waals surface area contributed by atoms with Crippen LogP contribution >= 0.6 is 11.8 Å². The second-order valence-corrected chi connectivity index (χ2v) is 5.15. The van der Waals surface area contributed by atoms with E-state index in [0.29, 0.717) is 11.5 Å². The van der Waals surface area contributed by atoms with E-state index in [4.69, 9.17) is 14.6 Å². The van der Waals surface area contributed by atoms with E-state index in [1.165, 1.54) is 17.8 Å². The maximum atomic E-state index is 11.2. The molecule has 0 aliphatic carbocycles. The summed E-state index contributed by atoms with van der Waals surface area (Å²) in [6.07, 6.45) is 1.02. The largest absolute Gasteiger partial charge is 0.502 e. The van der Waals surface area contributed by atoms with Crippen molar-refractivity contribution in [3.63, 3.8) is 0 Å². The Morgan fingerprint density at radius 1 is 1.25 bits per heavy atom. The van der Waals surface area contributed by atoms with Crippen molar-refractivity contribution in [2.24, 2.45) is 0 Å². The van der Waals surface area contributed by atoms with E-state index in [2.05, 4.69) is 0 Å². The number of hydrogen-bond acceptors (Lipinski definition) is 5. The molecule has 1 heterocycles. The maximum absolute atomic E-state index is 11.2. The highest BCUT2D eigenvalue weighted by molar-refractivity contribution is 7.98. The topological polar surface area (TPSA) is 87.7 Å². The molecule has 0 amide bonds. The highest BCUT2D eigenvalue weighted by Crippen LogP contribution is 2.23. The highest BCUT2D eigenvalue weighted by Gasteiger charge is 2.04. The van der Waals surface area contributed by atoms with Crippen LogP contribution in [0.5, 0.6) is 5.75 Å². The molecule has 2 aromatic rings. The lowest BCUT2D eigenvalue weighted by atomic mass is 10.2. The van der Waals surface area contributed by atoms with Gasteiger partial charge in [0.2, 0.25) is 5.43 Å². The van der Waals surface area contributed by atoms with Crippen LogP contribution in [0.4, 0.5) is 0 Å². The van der Waals surface area contributed by atoms with E-state index < -0.39 is 17.1 Å². The molecule has 0 fully saturated rings. The fourth-order valence-electron chi connectivity index (χ4n) is 1.55. The van der Waals surface area contributed by atoms with Crippen molar-refractivity contribution >= 4 is 17.7 Å². The number of carboxylic acids is 1. The number of aromatic hydroxyl groups is 1. The minimum atomic E-state index is -0.865. The van der Waals surface area contributed by atoms with Crippen molar-refractivity contribution in [1.82, 2.24) is 0 Å². The standard InChI is InChI=1S/C14H12O5S/c15-12-6-10(19-7-13(12)16)8-20-11-3-1-9(2-4-11)5-14(17)18/h1-4,6-7,16H,5,8H2,(H,17,18). The minimum Gasteiger partial charge on any atom is -0.502 e. The van der Waals surface area contributed by atoms with Gasteiger partial charge in [0.05, 0.1) is 12.2 Å². The molecule has 0 bridgehead atoms. The van der Waals surface area contributed by atoms with Crippen molar-refractivity contribution < 1.29 is 19.4 Å². The second-order valence-electron chi connectivity index (χ2n) is 4.10. The van der Waals surface area contributed by atoms with Gasteiger partial charge in [-0.15, -0.1) is 11.8 Å². The lowest BCUT2D eigenvalue weighted by molar-refractivity contribution is -0.136. The van der Waals surface area contributed by atoms with E-state index in [1.54, 1.807) is 12.1 Å². The summed E-state index contributed by atoms with van der Waals surface area (Å²) in [5.41, 5.74) is 0.265. The van der Waals surface area contributed by atoms with Gasteiger partial charge in [-0.05, 0) is 17.7 Å². The third-order valence-electron chi connectivity index (χ3n) is 2.53. The Morgan fingerprint density at radius 3 is 2.55 bits per heavy atom. The third-order valence-corrected chi connectivity index (χ3v) is 3.56. The fraction of sp³-hybridized carbons (Fsp3) is 0.143. The molecule has 0 spiro atoms. The molecule has 0 atom stereocenters. The summed E-state index contributed by atoms with van der Waals surface area (Å²) in [7, 11) is 0. The molecule has 0 saturated carbocycles. The number of hydrogen-bond donors (Lipinski definition) is 2. The summed E-state index contributed by atoms with van der Waals surface area (Å²) in [5.74, 6) is -0.353. The van der Waals surface area contributed by atoms with E-state index in [0.717, 1.165) is 16.7 Å². The molecule has 6 heteroatoms. The molecule has 0 radical (unpaired) electrons. The monoisotopic (exact) mass is 292 g/mol. The minimum absolute atomic E-state index is 0.00220. The lowest BCUT2D eigenvalue weighted by Gasteiger charge is -2.03. The van der Waals surface area contributed by atoms with Crippen LogP contribution in [0.2, 0.25) is 0 Å². The second kappa shape index (κ2) is 6.29. The van der Waals surface area contributed by atoms with E-state index in [-0.39, 0.29) is 6.42 Å². The first-order valence-corrected chi connectivity index (χ1v) is 6.77. The van der Waals surface area contributed by atoms with E-state index >= 15 is 0 Å². The number of thioether (sulfide) groups is 1. The van der Waals surface area contributed by atoms with Crippen LogP contribution in [-0.2, 0) is 17.0 Å². The summed E-state index contributed by atoms with van der Waals surface area (Å²) in [4.78, 5) is 22.7. The van der Waals surface area contributed by atoms with E-state index in [9.17, 15) is 9.59 Å². The number of carboxylic acid groups (broad SMARTS) is 1. The fourth-order valence-corrected chi connectivity index (χ4v) is 2.34. The Kier molecular flexibility index (Phi) is 4.47. The highest BCUT2D eigenvalue weighted by atomic mass is 32.2. The zero-order valence-corrected chi connectivity index (χ0v) is 11.2. The Morgan fingerprint density at radius 2 is 1.95 bits per heavy atom. The van der Waals surface area contributed by atoms with Crippen LogP contribution in [0.1, 0.15) is 11.3 Å². The molecule has 0 unspecified atom stereocenters. The summed E-state index contributed by atoms with van der Waals surface area (Å²) in [6.45, 7) is 0. The summed E-state index contributed by atoms with van der Waals surface area (Å²) < 4.78 is 5.09. The van der Waals surface area contributed by atoms with Crippen molar-refractivity contribution in [1.29, 1.82) is 0 Å². The van der Waals surface area contributed by atoms with Gasteiger partial charge in [0.1, 0.15) is 12.0 Å². The maximum Gasteiger partial charge on any atom is 0.307 e. The molecule has 2 rings (SSSR count). The first kappa shape index (κ1) is 14.2. The average Bonchev–Trinajstić information content (AvgIpc) is 2.41. The molecule has 104 valence electrons. The van der Waals surface area contributed by atoms with Gasteiger partial charge in [-0.1, -0.05) is 12.1 Å². The van der Waals surface area contributed by atoms with Gasteiger partial charge in [-0.3, -0.25) is 9.59 Å². The molecular formula is C14H12O5S. The van der Waals surface area contributed by atoms with Gasteiger partial charge in [0, 0.05) is 11.0 Å². The number of carbonyl (C=O) groups is 1. The molecule has 5 nitrogen and oxygen atoms in total. The molecular weight excluding hydrogens is 280 g/mol. The van der Waals surface area contributed by atoms with Crippen molar-refractivity contribution in [2.75, 3.05) is 0 Å². The predicted octanol–water partition coefficient (Wildman–Crippen LogP) is 2.26. The van der Waals surface area contributed by atoms with Gasteiger partial charge in [-0.25, -0.2) is 0 Å². The summed E-state index contributed by atoms with van der Waals surface area (Å²) >= 11 is 1.45. The summed E-state index contributed by atoms with van der Waals surface area (Å²) in [5, 5.41) is 17.7. The van der Waals surface area contributed by atoms with Crippen LogP contribution in [0.3, 0.4) is 0 Å². The smallest absolute Gasteiger partial charge is 0.307 e. The molecule has 1 aromatic heterocycles. The van der Waals surface area contributed by atoms with Crippen molar-refractivity contribution in [3.8, 4) is 5.75 Å². The molecule has 1 aromatic carbocycles. The normalized spacial score (nSPS) is 10.4. The Bertz CT molecular complexity index is 660. The Hall–Kier alpha value is -2.21. The van der Waals surface area contributed by atoms with Gasteiger partial charge in [0.25, 0.3) is 0 Å². The molecule has 0 aliphatic heterocycles. The van der Waals surface area contributed by atoms with Gasteiger partial charge >= 0.3 is 5.97 Å². The van der Waals surface area contributed by atoms with Gasteiger partial charge < -0.3 is 14.6 Å². The number of rotatable bonds is 5. The molecule has 20 heavy (non-hydrogen) atoms. The zero-order valence-electron chi connectivity index (χ0n) is 10.4. The molecule has 0 saturated heterocycles. The number of aliphatic carboxylic acids is 1. The van der Waals surface area contributed by atoms with Crippen LogP contribution in [0.25, 0.3) is 0 Å². The first-order chi connectivity index (χ1) is 9.54. The van der Waals surface area contributed by atoms with E-state index in [1.807, 2.05) is 12.1 Å². The number of benzene rings is 1. The average molecular weight is 292 g/mol. The first-order valence-electron chi connectivity index (χ1n) is 5.79. The molecule has 0 aliphatic rings. The Balaban J connectivity index is 1.98. The van der Waals surface area contributed by atoms with Crippen LogP contribution < -0.4 is 5.43 Å². The van der Waals surface area contributed by atoms with Gasteiger partial charge in [0.15, 0.2) is 5.75 Å². The van der Waals surface area contributed by atoms with Crippen molar-refractivity contribution in [2.45, 2.75) is 17.1 Å². The molecule has 2 N–H and O–H groups in total. The SMILES string of the molecule is O=C(O)Cc1ccc(SCc2cc(=O)c(O)co2)cc1. The van der Waals surface area contributed by atoms with Crippen LogP contribution in [-0.4, -0.2) is 16.2 Å². The predicted molar refractivity (Wildman–Crippen MR) is 74.0 cm³/mol. The van der Waals surface area contributed by atoms with Crippen LogP contribution in [0, 0.1) is 0 Å². The quantitative estimate of drug-likeness (QED) is 0.822. The zero-order chi connectivity index (χ0) is 14.5. The third kappa shape index (κ3) is 3.89. The lowest BCUT2D eigenvalue weighted by Crippen LogP contribution is -1.99. The van der Waals surface area contributed by atoms with Gasteiger partial charge in [-0.2, -0.15) is 0 Å². The Labute approximate surface area is 118 Å².